The van der Waals surface area contributed by atoms with Gasteiger partial charge >= 0.3 is 0 Å². The number of carbonyl (C=O) groups is 1. The minimum atomic E-state index is -0.0459. The van der Waals surface area contributed by atoms with Crippen LogP contribution >= 0.6 is 11.6 Å². The van der Waals surface area contributed by atoms with Gasteiger partial charge in [0.15, 0.2) is 0 Å². The van der Waals surface area contributed by atoms with Gasteiger partial charge in [0, 0.05) is 31.7 Å². The number of nitrogens with one attached hydrogen (secondary N) is 1. The van der Waals surface area contributed by atoms with Crippen molar-refractivity contribution in [1.82, 2.24) is 29.9 Å². The summed E-state index contributed by atoms with van der Waals surface area (Å²) in [7, 11) is 3.86. The minimum Gasteiger partial charge on any atom is -0.332 e. The van der Waals surface area contributed by atoms with Crippen LogP contribution in [0, 0.1) is 6.92 Å². The first kappa shape index (κ1) is 18.8. The Morgan fingerprint density at radius 3 is 2.85 bits per heavy atom. The van der Waals surface area contributed by atoms with Crippen molar-refractivity contribution in [2.45, 2.75) is 19.5 Å². The minimum absolute atomic E-state index is 0.0459. The summed E-state index contributed by atoms with van der Waals surface area (Å²) in [6.45, 7) is 4.99. The maximum absolute atomic E-state index is 13.0. The summed E-state index contributed by atoms with van der Waals surface area (Å²) in [6, 6.07) is 7.69. The first-order chi connectivity index (χ1) is 12.5. The summed E-state index contributed by atoms with van der Waals surface area (Å²) >= 11 is 6.37. The smallest absolute Gasteiger partial charge is 0.237 e. The van der Waals surface area contributed by atoms with E-state index in [1.165, 1.54) is 0 Å². The van der Waals surface area contributed by atoms with Gasteiger partial charge < -0.3 is 14.8 Å². The topological polar surface area (TPSA) is 66.3 Å². The van der Waals surface area contributed by atoms with E-state index in [0.29, 0.717) is 31.2 Å². The number of carbonyl (C=O) groups excluding carboxylic acids is 1. The Morgan fingerprint density at radius 1 is 1.38 bits per heavy atom. The molecule has 1 aliphatic heterocycles. The zero-order valence-electron chi connectivity index (χ0n) is 15.4. The van der Waals surface area contributed by atoms with Crippen LogP contribution in [0.15, 0.2) is 24.3 Å². The molecule has 0 aliphatic carbocycles. The van der Waals surface area contributed by atoms with Crippen LogP contribution in [-0.4, -0.2) is 63.7 Å². The van der Waals surface area contributed by atoms with Gasteiger partial charge in [-0.05, 0) is 25.6 Å². The van der Waals surface area contributed by atoms with Crippen molar-refractivity contribution in [2.75, 3.05) is 33.2 Å². The maximum Gasteiger partial charge on any atom is 0.237 e. The molecule has 140 valence electrons. The summed E-state index contributed by atoms with van der Waals surface area (Å²) in [6.07, 6.45) is 0. The molecule has 2 heterocycles. The Balaban J connectivity index is 1.68. The van der Waals surface area contributed by atoms with Crippen molar-refractivity contribution < 1.29 is 4.79 Å². The number of amides is 1. The third kappa shape index (κ3) is 4.06. The number of hydrogen-bond acceptors (Lipinski definition) is 5. The van der Waals surface area contributed by atoms with Crippen LogP contribution in [0.2, 0.25) is 5.02 Å². The zero-order valence-corrected chi connectivity index (χ0v) is 16.2. The molecule has 1 aliphatic rings. The molecule has 1 fully saturated rings. The standard InChI is InChI=1S/C18H25ClN6O/c1-13-21-22-17(24(13)3)11-23(2)12-18(26)25-9-8-20-10-16(25)14-6-4-5-7-15(14)19/h4-7,16,20H,8-12H2,1-3H3. The number of aromatic nitrogens is 3. The first-order valence-electron chi connectivity index (χ1n) is 8.75. The zero-order chi connectivity index (χ0) is 18.7. The van der Waals surface area contributed by atoms with E-state index in [1.54, 1.807) is 0 Å². The van der Waals surface area contributed by atoms with Crippen LogP contribution in [0.25, 0.3) is 0 Å². The number of aryl methyl sites for hydroxylation is 1. The number of benzene rings is 1. The Morgan fingerprint density at radius 2 is 2.15 bits per heavy atom. The third-order valence-electron chi connectivity index (χ3n) is 4.83. The fourth-order valence-electron chi connectivity index (χ4n) is 3.23. The Bertz CT molecular complexity index is 777. The highest BCUT2D eigenvalue weighted by Crippen LogP contribution is 2.28. The molecule has 0 spiro atoms. The molecule has 3 rings (SSSR count). The highest BCUT2D eigenvalue weighted by molar-refractivity contribution is 6.31. The molecule has 1 N–H and O–H groups in total. The average molecular weight is 377 g/mol. The number of piperazine rings is 1. The van der Waals surface area contributed by atoms with Crippen LogP contribution in [0.1, 0.15) is 23.3 Å². The Hall–Kier alpha value is -1.96. The van der Waals surface area contributed by atoms with Crippen molar-refractivity contribution in [3.63, 3.8) is 0 Å². The summed E-state index contributed by atoms with van der Waals surface area (Å²) in [5.41, 5.74) is 0.987. The second-order valence-corrected chi connectivity index (χ2v) is 7.13. The summed E-state index contributed by atoms with van der Waals surface area (Å²) < 4.78 is 1.94. The van der Waals surface area contributed by atoms with Gasteiger partial charge in [-0.25, -0.2) is 0 Å². The summed E-state index contributed by atoms with van der Waals surface area (Å²) in [4.78, 5) is 16.9. The lowest BCUT2D eigenvalue weighted by Crippen LogP contribution is -2.51. The van der Waals surface area contributed by atoms with Crippen LogP contribution in [0.5, 0.6) is 0 Å². The lowest BCUT2D eigenvalue weighted by atomic mass is 10.0. The number of likely N-dealkylation sites (N-methyl/N-ethyl adjacent to an activating group) is 1. The molecule has 0 bridgehead atoms. The Labute approximate surface area is 158 Å². The monoisotopic (exact) mass is 376 g/mol. The van der Waals surface area contributed by atoms with Gasteiger partial charge in [0.2, 0.25) is 5.91 Å². The molecular weight excluding hydrogens is 352 g/mol. The molecule has 1 unspecified atom stereocenters. The largest absolute Gasteiger partial charge is 0.332 e. The fraction of sp³-hybridized carbons (Fsp3) is 0.500. The predicted molar refractivity (Wildman–Crippen MR) is 101 cm³/mol. The Kier molecular flexibility index (Phi) is 5.90. The third-order valence-corrected chi connectivity index (χ3v) is 5.17. The number of hydrogen-bond donors (Lipinski definition) is 1. The lowest BCUT2D eigenvalue weighted by Gasteiger charge is -2.37. The molecule has 8 heteroatoms. The molecule has 1 atom stereocenters. The average Bonchev–Trinajstić information content (AvgIpc) is 2.94. The van der Waals surface area contributed by atoms with Gasteiger partial charge in [0.05, 0.1) is 19.1 Å². The molecule has 0 radical (unpaired) electrons. The van der Waals surface area contributed by atoms with E-state index in [2.05, 4.69) is 15.5 Å². The molecular formula is C18H25ClN6O. The predicted octanol–water partition coefficient (Wildman–Crippen LogP) is 1.38. The van der Waals surface area contributed by atoms with Crippen LogP contribution in [0.4, 0.5) is 0 Å². The van der Waals surface area contributed by atoms with Crippen molar-refractivity contribution in [1.29, 1.82) is 0 Å². The van der Waals surface area contributed by atoms with Crippen LogP contribution < -0.4 is 5.32 Å². The molecule has 7 nitrogen and oxygen atoms in total. The number of rotatable bonds is 5. The van der Waals surface area contributed by atoms with E-state index in [0.717, 1.165) is 23.8 Å². The quantitative estimate of drug-likeness (QED) is 0.854. The molecule has 1 amide bonds. The van der Waals surface area contributed by atoms with E-state index < -0.39 is 0 Å². The molecule has 2 aromatic rings. The van der Waals surface area contributed by atoms with Crippen molar-refractivity contribution in [2.24, 2.45) is 7.05 Å². The summed E-state index contributed by atoms with van der Waals surface area (Å²) in [5.74, 6) is 1.80. The summed E-state index contributed by atoms with van der Waals surface area (Å²) in [5, 5.41) is 12.3. The van der Waals surface area contributed by atoms with Gasteiger partial charge in [-0.1, -0.05) is 29.8 Å². The van der Waals surface area contributed by atoms with E-state index >= 15 is 0 Å². The van der Waals surface area contributed by atoms with Crippen molar-refractivity contribution in [3.05, 3.63) is 46.5 Å². The van der Waals surface area contributed by atoms with Crippen molar-refractivity contribution >= 4 is 17.5 Å². The van der Waals surface area contributed by atoms with Crippen molar-refractivity contribution in [3.8, 4) is 0 Å². The van der Waals surface area contributed by atoms with E-state index in [4.69, 9.17) is 11.6 Å². The molecule has 26 heavy (non-hydrogen) atoms. The van der Waals surface area contributed by atoms with Gasteiger partial charge in [-0.2, -0.15) is 0 Å². The van der Waals surface area contributed by atoms with Gasteiger partial charge in [0.25, 0.3) is 0 Å². The van der Waals surface area contributed by atoms with E-state index in [-0.39, 0.29) is 11.9 Å². The molecule has 1 aromatic carbocycles. The lowest BCUT2D eigenvalue weighted by molar-refractivity contribution is -0.135. The van der Waals surface area contributed by atoms with Crippen LogP contribution in [0.3, 0.4) is 0 Å². The number of nitrogens with zero attached hydrogens (tertiary/aromatic N) is 5. The van der Waals surface area contributed by atoms with Gasteiger partial charge in [-0.3, -0.25) is 9.69 Å². The highest BCUT2D eigenvalue weighted by Gasteiger charge is 2.29. The molecule has 0 saturated carbocycles. The normalized spacial score (nSPS) is 17.7. The maximum atomic E-state index is 13.0. The fourth-order valence-corrected chi connectivity index (χ4v) is 3.50. The van der Waals surface area contributed by atoms with E-state index in [9.17, 15) is 4.79 Å². The van der Waals surface area contributed by atoms with Crippen LogP contribution in [-0.2, 0) is 18.4 Å². The number of halogens is 1. The second kappa shape index (κ2) is 8.16. The second-order valence-electron chi connectivity index (χ2n) is 6.72. The highest BCUT2D eigenvalue weighted by atomic mass is 35.5. The van der Waals surface area contributed by atoms with E-state index in [1.807, 2.05) is 59.7 Å². The van der Waals surface area contributed by atoms with Gasteiger partial charge in [0.1, 0.15) is 11.6 Å². The first-order valence-corrected chi connectivity index (χ1v) is 9.13. The molecule has 1 aromatic heterocycles. The van der Waals surface area contributed by atoms with Gasteiger partial charge in [-0.15, -0.1) is 10.2 Å². The molecule has 1 saturated heterocycles. The SMILES string of the molecule is Cc1nnc(CN(C)CC(=O)N2CCNCC2c2ccccc2Cl)n1C.